The number of ether oxygens (including phenoxy) is 1. The number of hydrogen-bond donors (Lipinski definition) is 2. The first kappa shape index (κ1) is 17.2. The highest BCUT2D eigenvalue weighted by Crippen LogP contribution is 2.31. The normalized spacial score (nSPS) is 12.7. The summed E-state index contributed by atoms with van der Waals surface area (Å²) in [6.45, 7) is -0.00641. The molecule has 0 bridgehead atoms. The number of anilines is 2. The van der Waals surface area contributed by atoms with Crippen LogP contribution in [0.1, 0.15) is 16.1 Å². The van der Waals surface area contributed by atoms with E-state index in [0.29, 0.717) is 22.9 Å². The minimum absolute atomic E-state index is 0.00641. The SMILES string of the molecule is O=C1COc2ccc(NC(=O)c3occc3CSc3ccccc3)cc2N1. The number of carbonyl (C=O) groups excluding carboxylic acids is 2. The van der Waals surface area contributed by atoms with Gasteiger partial charge >= 0.3 is 0 Å². The van der Waals surface area contributed by atoms with E-state index >= 15 is 0 Å². The van der Waals surface area contributed by atoms with Gasteiger partial charge in [-0.3, -0.25) is 9.59 Å². The van der Waals surface area contributed by atoms with E-state index in [2.05, 4.69) is 10.6 Å². The van der Waals surface area contributed by atoms with Crippen molar-refractivity contribution in [2.24, 2.45) is 0 Å². The van der Waals surface area contributed by atoms with Crippen LogP contribution >= 0.6 is 11.8 Å². The summed E-state index contributed by atoms with van der Waals surface area (Å²) in [5, 5.41) is 5.52. The molecule has 136 valence electrons. The Morgan fingerprint density at radius 2 is 2.00 bits per heavy atom. The Bertz CT molecular complexity index is 985. The van der Waals surface area contributed by atoms with Gasteiger partial charge in [0, 0.05) is 21.9 Å². The lowest BCUT2D eigenvalue weighted by Gasteiger charge is -2.18. The number of hydrogen-bond acceptors (Lipinski definition) is 5. The zero-order valence-corrected chi connectivity index (χ0v) is 15.0. The van der Waals surface area contributed by atoms with Crippen LogP contribution in [-0.4, -0.2) is 18.4 Å². The summed E-state index contributed by atoms with van der Waals surface area (Å²) in [7, 11) is 0. The number of thioether (sulfide) groups is 1. The maximum atomic E-state index is 12.6. The van der Waals surface area contributed by atoms with Gasteiger partial charge in [0.05, 0.1) is 12.0 Å². The Kier molecular flexibility index (Phi) is 4.84. The van der Waals surface area contributed by atoms with Crippen LogP contribution < -0.4 is 15.4 Å². The second kappa shape index (κ2) is 7.59. The summed E-state index contributed by atoms with van der Waals surface area (Å²) >= 11 is 1.63. The number of carbonyl (C=O) groups is 2. The van der Waals surface area contributed by atoms with Crippen LogP contribution in [0, 0.1) is 0 Å². The van der Waals surface area contributed by atoms with E-state index in [1.807, 2.05) is 30.3 Å². The number of fused-ring (bicyclic) bond motifs is 1. The molecule has 0 fully saturated rings. The van der Waals surface area contributed by atoms with Gasteiger partial charge in [0.1, 0.15) is 5.75 Å². The minimum Gasteiger partial charge on any atom is -0.482 e. The van der Waals surface area contributed by atoms with Crippen molar-refractivity contribution in [3.05, 3.63) is 72.2 Å². The first-order valence-electron chi connectivity index (χ1n) is 8.31. The molecule has 1 aromatic heterocycles. The van der Waals surface area contributed by atoms with Crippen LogP contribution in [-0.2, 0) is 10.5 Å². The number of nitrogens with one attached hydrogen (secondary N) is 2. The molecule has 2 aromatic carbocycles. The second-order valence-electron chi connectivity index (χ2n) is 5.88. The quantitative estimate of drug-likeness (QED) is 0.650. The van der Waals surface area contributed by atoms with Gasteiger partial charge in [-0.1, -0.05) is 18.2 Å². The van der Waals surface area contributed by atoms with Crippen molar-refractivity contribution in [3.8, 4) is 5.75 Å². The standard InChI is InChI=1S/C20H16N2O4S/c23-18-11-26-17-7-6-14(10-16(17)22-18)21-20(24)19-13(8-9-25-19)12-27-15-4-2-1-3-5-15/h1-10H,11-12H2,(H,21,24)(H,22,23). The van der Waals surface area contributed by atoms with E-state index < -0.39 is 0 Å². The van der Waals surface area contributed by atoms with Crippen molar-refractivity contribution < 1.29 is 18.7 Å². The average Bonchev–Trinajstić information content (AvgIpc) is 3.15. The highest BCUT2D eigenvalue weighted by atomic mass is 32.2. The Morgan fingerprint density at radius 3 is 2.85 bits per heavy atom. The second-order valence-corrected chi connectivity index (χ2v) is 6.93. The molecule has 0 unspecified atom stereocenters. The fourth-order valence-electron chi connectivity index (χ4n) is 2.68. The van der Waals surface area contributed by atoms with Crippen LogP contribution in [0.25, 0.3) is 0 Å². The number of amides is 2. The highest BCUT2D eigenvalue weighted by Gasteiger charge is 2.19. The molecule has 4 rings (SSSR count). The van der Waals surface area contributed by atoms with E-state index in [1.54, 1.807) is 36.0 Å². The van der Waals surface area contributed by atoms with Gasteiger partial charge in [0.2, 0.25) is 0 Å². The minimum atomic E-state index is -0.341. The van der Waals surface area contributed by atoms with Crippen molar-refractivity contribution in [1.82, 2.24) is 0 Å². The molecule has 0 spiro atoms. The molecule has 2 N–H and O–H groups in total. The van der Waals surface area contributed by atoms with Crippen molar-refractivity contribution in [3.63, 3.8) is 0 Å². The molecule has 3 aromatic rings. The number of furan rings is 1. The molecule has 0 radical (unpaired) electrons. The molecule has 1 aliphatic rings. The molecule has 0 atom stereocenters. The summed E-state index contributed by atoms with van der Waals surface area (Å²) in [6.07, 6.45) is 1.51. The molecular weight excluding hydrogens is 364 g/mol. The van der Waals surface area contributed by atoms with E-state index in [0.717, 1.165) is 10.5 Å². The predicted molar refractivity (Wildman–Crippen MR) is 103 cm³/mol. The zero-order chi connectivity index (χ0) is 18.6. The monoisotopic (exact) mass is 380 g/mol. The highest BCUT2D eigenvalue weighted by molar-refractivity contribution is 7.98. The van der Waals surface area contributed by atoms with E-state index in [1.165, 1.54) is 6.26 Å². The van der Waals surface area contributed by atoms with Gasteiger partial charge in [-0.2, -0.15) is 0 Å². The van der Waals surface area contributed by atoms with Crippen LogP contribution in [0.15, 0.2) is 70.2 Å². The van der Waals surface area contributed by atoms with Crippen molar-refractivity contribution in [2.45, 2.75) is 10.6 Å². The van der Waals surface area contributed by atoms with E-state index in [4.69, 9.17) is 9.15 Å². The summed E-state index contributed by atoms with van der Waals surface area (Å²) in [5.41, 5.74) is 1.89. The average molecular weight is 380 g/mol. The molecule has 0 saturated heterocycles. The summed E-state index contributed by atoms with van der Waals surface area (Å²) in [5.74, 6) is 0.906. The van der Waals surface area contributed by atoms with Crippen molar-refractivity contribution >= 4 is 35.0 Å². The molecule has 27 heavy (non-hydrogen) atoms. The van der Waals surface area contributed by atoms with Crippen LogP contribution in [0.2, 0.25) is 0 Å². The Balaban J connectivity index is 1.45. The topological polar surface area (TPSA) is 80.6 Å². The third kappa shape index (κ3) is 3.98. The van der Waals surface area contributed by atoms with Gasteiger partial charge in [0.25, 0.3) is 11.8 Å². The summed E-state index contributed by atoms with van der Waals surface area (Å²) < 4.78 is 10.7. The summed E-state index contributed by atoms with van der Waals surface area (Å²) in [6, 6.07) is 16.8. The summed E-state index contributed by atoms with van der Waals surface area (Å²) in [4.78, 5) is 25.2. The van der Waals surface area contributed by atoms with Gasteiger partial charge < -0.3 is 19.8 Å². The lowest BCUT2D eigenvalue weighted by Crippen LogP contribution is -2.25. The maximum Gasteiger partial charge on any atom is 0.291 e. The van der Waals surface area contributed by atoms with Crippen LogP contribution in [0.3, 0.4) is 0 Å². The Hall–Kier alpha value is -3.19. The molecule has 0 aliphatic carbocycles. The van der Waals surface area contributed by atoms with Gasteiger partial charge in [0.15, 0.2) is 12.4 Å². The maximum absolute atomic E-state index is 12.6. The van der Waals surface area contributed by atoms with Gasteiger partial charge in [-0.05, 0) is 36.4 Å². The fourth-order valence-corrected chi connectivity index (χ4v) is 3.57. The molecule has 2 amide bonds. The molecule has 0 saturated carbocycles. The Morgan fingerprint density at radius 1 is 1.15 bits per heavy atom. The lowest BCUT2D eigenvalue weighted by atomic mass is 10.2. The molecule has 6 nitrogen and oxygen atoms in total. The third-order valence-corrected chi connectivity index (χ3v) is 5.02. The van der Waals surface area contributed by atoms with Crippen LogP contribution in [0.5, 0.6) is 5.75 Å². The third-order valence-electron chi connectivity index (χ3n) is 3.96. The molecule has 1 aliphatic heterocycles. The molecule has 7 heteroatoms. The van der Waals surface area contributed by atoms with Gasteiger partial charge in [-0.15, -0.1) is 11.8 Å². The van der Waals surface area contributed by atoms with Crippen molar-refractivity contribution in [2.75, 3.05) is 17.2 Å². The van der Waals surface area contributed by atoms with E-state index in [9.17, 15) is 9.59 Å². The fraction of sp³-hybridized carbons (Fsp3) is 0.100. The van der Waals surface area contributed by atoms with Crippen LogP contribution in [0.4, 0.5) is 11.4 Å². The smallest absolute Gasteiger partial charge is 0.291 e. The largest absolute Gasteiger partial charge is 0.482 e. The lowest BCUT2D eigenvalue weighted by molar-refractivity contribution is -0.118. The first-order valence-corrected chi connectivity index (χ1v) is 9.30. The zero-order valence-electron chi connectivity index (χ0n) is 14.2. The predicted octanol–water partition coefficient (Wildman–Crippen LogP) is 4.16. The number of rotatable bonds is 5. The first-order chi connectivity index (χ1) is 13.2. The van der Waals surface area contributed by atoms with Gasteiger partial charge in [-0.25, -0.2) is 0 Å². The molecular formula is C20H16N2O4S. The van der Waals surface area contributed by atoms with E-state index in [-0.39, 0.29) is 24.2 Å². The Labute approximate surface area is 159 Å². The molecule has 2 heterocycles. The van der Waals surface area contributed by atoms with Crippen molar-refractivity contribution in [1.29, 1.82) is 0 Å². The number of benzene rings is 2.